The van der Waals surface area contributed by atoms with Crippen LogP contribution in [0.15, 0.2) is 146 Å². The number of nitrogen functional groups attached to an aromatic ring is 1. The molecule has 0 atom stereocenters. The SMILES string of the molecule is CC(C)(C)c1ccc(-c2c(-c3ccc(N)cc3)c(-c3ccc(C(C)(C)C)cc3)c(-c3ccc(C(C)(C)C)cc3)c(-c3ccc(C(C)(C)C)cc3)c2-c2ccc(C(C)(C)C)cc2)cc1. The topological polar surface area (TPSA) is 26.0 Å². The molecule has 1 nitrogen and oxygen atoms in total. The van der Waals surface area contributed by atoms with Crippen molar-refractivity contribution in [2.45, 2.75) is 131 Å². The van der Waals surface area contributed by atoms with Gasteiger partial charge in [-0.1, -0.05) is 237 Å². The van der Waals surface area contributed by atoms with E-state index in [1.165, 1.54) is 89.0 Å². The van der Waals surface area contributed by atoms with Crippen LogP contribution in [0, 0.1) is 0 Å². The lowest BCUT2D eigenvalue weighted by Crippen LogP contribution is -2.11. The first-order valence-corrected chi connectivity index (χ1v) is 23.0. The van der Waals surface area contributed by atoms with E-state index in [1.54, 1.807) is 0 Å². The van der Waals surface area contributed by atoms with E-state index in [-0.39, 0.29) is 27.1 Å². The molecule has 0 unspecified atom stereocenters. The summed E-state index contributed by atoms with van der Waals surface area (Å²) in [6.07, 6.45) is 0. The third kappa shape index (κ3) is 9.50. The molecule has 0 bridgehead atoms. The zero-order valence-corrected chi connectivity index (χ0v) is 40.9. The van der Waals surface area contributed by atoms with Crippen molar-refractivity contribution in [3.05, 3.63) is 173 Å². The van der Waals surface area contributed by atoms with Gasteiger partial charge in [-0.15, -0.1) is 0 Å². The maximum atomic E-state index is 6.50. The fraction of sp³-hybridized carbons (Fsp3) is 0.323. The van der Waals surface area contributed by atoms with Gasteiger partial charge in [0.15, 0.2) is 0 Å². The molecule has 0 saturated heterocycles. The molecule has 0 saturated carbocycles. The number of hydrogen-bond acceptors (Lipinski definition) is 1. The lowest BCUT2D eigenvalue weighted by molar-refractivity contribution is 0.590. The van der Waals surface area contributed by atoms with Crippen LogP contribution in [0.3, 0.4) is 0 Å². The Morgan fingerprint density at radius 3 is 0.460 bits per heavy atom. The average Bonchev–Trinajstić information content (AvgIpc) is 3.22. The Kier molecular flexibility index (Phi) is 11.9. The van der Waals surface area contributed by atoms with E-state index in [9.17, 15) is 0 Å². The fourth-order valence-electron chi connectivity index (χ4n) is 8.82. The zero-order valence-electron chi connectivity index (χ0n) is 40.9. The molecule has 324 valence electrons. The standard InChI is InChI=1S/C62H71N/c1-58(2,3)46-28-16-40(17-29-46)52-53(41-18-30-47(31-19-41)59(4,5)6)55(43-22-34-49(35-23-43)61(10,11)12)57(45-26-38-51(63)39-27-45)56(44-24-36-50(37-25-44)62(13,14)15)54(52)42-20-32-48(33-21-42)60(7,8)9/h16-39H,63H2,1-15H3. The van der Waals surface area contributed by atoms with Gasteiger partial charge >= 0.3 is 0 Å². The van der Waals surface area contributed by atoms with Gasteiger partial charge in [0.2, 0.25) is 0 Å². The van der Waals surface area contributed by atoms with Gasteiger partial charge in [0.25, 0.3) is 0 Å². The van der Waals surface area contributed by atoms with Crippen molar-refractivity contribution in [3.63, 3.8) is 0 Å². The van der Waals surface area contributed by atoms with Gasteiger partial charge in [0.05, 0.1) is 0 Å². The van der Waals surface area contributed by atoms with Gasteiger partial charge in [-0.2, -0.15) is 0 Å². The first-order chi connectivity index (χ1) is 29.3. The Morgan fingerprint density at radius 2 is 0.333 bits per heavy atom. The van der Waals surface area contributed by atoms with Gasteiger partial charge in [0.1, 0.15) is 0 Å². The van der Waals surface area contributed by atoms with Crippen molar-refractivity contribution in [3.8, 4) is 66.8 Å². The highest BCUT2D eigenvalue weighted by Crippen LogP contribution is 2.56. The summed E-state index contributed by atoms with van der Waals surface area (Å²) in [5, 5.41) is 0. The normalized spacial score (nSPS) is 12.7. The molecule has 0 amide bonds. The van der Waals surface area contributed by atoms with E-state index in [0.29, 0.717) is 0 Å². The molecule has 2 N–H and O–H groups in total. The molecule has 7 rings (SSSR count). The van der Waals surface area contributed by atoms with Crippen molar-refractivity contribution in [2.75, 3.05) is 5.73 Å². The highest BCUT2D eigenvalue weighted by atomic mass is 14.5. The average molecular weight is 830 g/mol. The highest BCUT2D eigenvalue weighted by molar-refractivity contribution is 6.15. The summed E-state index contributed by atoms with van der Waals surface area (Å²) in [5.74, 6) is 0. The van der Waals surface area contributed by atoms with Crippen molar-refractivity contribution < 1.29 is 0 Å². The number of anilines is 1. The summed E-state index contributed by atoms with van der Waals surface area (Å²) in [6, 6.07) is 55.6. The van der Waals surface area contributed by atoms with Gasteiger partial charge < -0.3 is 5.73 Å². The molecule has 0 heterocycles. The smallest absolute Gasteiger partial charge is 0.0314 e. The summed E-state index contributed by atoms with van der Waals surface area (Å²) >= 11 is 0. The van der Waals surface area contributed by atoms with Crippen molar-refractivity contribution in [1.29, 1.82) is 0 Å². The Labute approximate surface area is 380 Å². The Balaban J connectivity index is 1.79. The van der Waals surface area contributed by atoms with Gasteiger partial charge in [-0.05, 0) is 134 Å². The van der Waals surface area contributed by atoms with Gasteiger partial charge in [0, 0.05) is 5.69 Å². The van der Waals surface area contributed by atoms with Crippen LogP contribution < -0.4 is 5.73 Å². The number of hydrogen-bond donors (Lipinski definition) is 1. The van der Waals surface area contributed by atoms with Crippen molar-refractivity contribution in [2.24, 2.45) is 0 Å². The second-order valence-corrected chi connectivity index (χ2v) is 23.0. The molecule has 0 aromatic heterocycles. The molecule has 0 spiro atoms. The molecule has 7 aromatic carbocycles. The lowest BCUT2D eigenvalue weighted by Gasteiger charge is -2.30. The van der Waals surface area contributed by atoms with E-state index in [0.717, 1.165) is 11.3 Å². The predicted octanol–water partition coefficient (Wildman–Crippen LogP) is 17.8. The third-order valence-electron chi connectivity index (χ3n) is 12.9. The molecule has 0 radical (unpaired) electrons. The Bertz CT molecular complexity index is 2550. The Morgan fingerprint density at radius 1 is 0.206 bits per heavy atom. The molecule has 0 fully saturated rings. The maximum absolute atomic E-state index is 6.50. The largest absolute Gasteiger partial charge is 0.399 e. The Hall–Kier alpha value is -5.66. The van der Waals surface area contributed by atoms with Crippen LogP contribution in [-0.4, -0.2) is 0 Å². The van der Waals surface area contributed by atoms with Crippen LogP contribution in [0.4, 0.5) is 5.69 Å². The summed E-state index contributed by atoms with van der Waals surface area (Å²) in [6.45, 7) is 34.4. The molecular weight excluding hydrogens is 759 g/mol. The second-order valence-electron chi connectivity index (χ2n) is 23.0. The molecule has 0 aliphatic rings. The maximum Gasteiger partial charge on any atom is 0.0314 e. The zero-order chi connectivity index (χ0) is 45.9. The summed E-state index contributed by atoms with van der Waals surface area (Å²) in [5.41, 5.74) is 28.2. The fourth-order valence-corrected chi connectivity index (χ4v) is 8.82. The van der Waals surface area contributed by atoms with E-state index >= 15 is 0 Å². The molecule has 1 heteroatoms. The van der Waals surface area contributed by atoms with Gasteiger partial charge in [-0.3, -0.25) is 0 Å². The van der Waals surface area contributed by atoms with Crippen LogP contribution in [0.2, 0.25) is 0 Å². The lowest BCUT2D eigenvalue weighted by atomic mass is 9.73. The molecule has 0 aliphatic heterocycles. The third-order valence-corrected chi connectivity index (χ3v) is 12.9. The first-order valence-electron chi connectivity index (χ1n) is 23.0. The quantitative estimate of drug-likeness (QED) is 0.166. The number of rotatable bonds is 6. The number of benzene rings is 7. The summed E-state index contributed by atoms with van der Waals surface area (Å²) < 4.78 is 0. The van der Waals surface area contributed by atoms with Gasteiger partial charge in [-0.25, -0.2) is 0 Å². The van der Waals surface area contributed by atoms with E-state index in [4.69, 9.17) is 5.73 Å². The van der Waals surface area contributed by atoms with Crippen LogP contribution >= 0.6 is 0 Å². The first kappa shape index (κ1) is 45.4. The minimum absolute atomic E-state index is 0.00688. The monoisotopic (exact) mass is 830 g/mol. The molecule has 63 heavy (non-hydrogen) atoms. The molecular formula is C62H71N. The van der Waals surface area contributed by atoms with Crippen LogP contribution in [0.1, 0.15) is 132 Å². The molecule has 7 aromatic rings. The minimum atomic E-state index is 0.00688. The van der Waals surface area contributed by atoms with E-state index in [2.05, 4.69) is 249 Å². The summed E-state index contributed by atoms with van der Waals surface area (Å²) in [7, 11) is 0. The highest BCUT2D eigenvalue weighted by Gasteiger charge is 2.31. The predicted molar refractivity (Wildman–Crippen MR) is 277 cm³/mol. The van der Waals surface area contributed by atoms with Crippen molar-refractivity contribution >= 4 is 5.69 Å². The van der Waals surface area contributed by atoms with Crippen molar-refractivity contribution in [1.82, 2.24) is 0 Å². The van der Waals surface area contributed by atoms with Crippen LogP contribution in [0.25, 0.3) is 66.8 Å². The minimum Gasteiger partial charge on any atom is -0.399 e. The summed E-state index contributed by atoms with van der Waals surface area (Å²) in [4.78, 5) is 0. The van der Waals surface area contributed by atoms with Crippen LogP contribution in [0.5, 0.6) is 0 Å². The van der Waals surface area contributed by atoms with Crippen LogP contribution in [-0.2, 0) is 27.1 Å². The van der Waals surface area contributed by atoms with E-state index in [1.807, 2.05) is 0 Å². The second kappa shape index (κ2) is 16.5. The number of nitrogens with two attached hydrogens (primary N) is 1. The van der Waals surface area contributed by atoms with E-state index < -0.39 is 0 Å². The molecule has 0 aliphatic carbocycles.